The van der Waals surface area contributed by atoms with E-state index in [-0.39, 0.29) is 6.04 Å². The Bertz CT molecular complexity index is 395. The maximum atomic E-state index is 11.9. The summed E-state index contributed by atoms with van der Waals surface area (Å²) in [6.45, 7) is 1.53. The van der Waals surface area contributed by atoms with Gasteiger partial charge in [-0.05, 0) is 31.7 Å². The van der Waals surface area contributed by atoms with Crippen LogP contribution in [0.3, 0.4) is 0 Å². The zero-order chi connectivity index (χ0) is 13.8. The molecule has 0 aliphatic heterocycles. The summed E-state index contributed by atoms with van der Waals surface area (Å²) in [4.78, 5) is 0. The number of nitrogens with one attached hydrogen (secondary N) is 1. The average molecular weight is 282 g/mol. The van der Waals surface area contributed by atoms with Crippen LogP contribution in [0.5, 0.6) is 5.75 Å². The second-order valence-corrected chi connectivity index (χ2v) is 4.31. The summed E-state index contributed by atoms with van der Waals surface area (Å²) in [7, 11) is 1.80. The Kier molecular flexibility index (Phi) is 5.28. The van der Waals surface area contributed by atoms with Crippen LogP contribution in [-0.4, -0.2) is 19.8 Å². The van der Waals surface area contributed by atoms with Crippen LogP contribution in [0.25, 0.3) is 0 Å². The van der Waals surface area contributed by atoms with E-state index in [1.54, 1.807) is 19.2 Å². The molecule has 0 saturated heterocycles. The van der Waals surface area contributed by atoms with Crippen LogP contribution < -0.4 is 10.1 Å². The van der Waals surface area contributed by atoms with Crippen molar-refractivity contribution in [1.82, 2.24) is 5.32 Å². The summed E-state index contributed by atoms with van der Waals surface area (Å²) in [5.74, 6) is 0.344. The Hall–Kier alpha value is -0.940. The van der Waals surface area contributed by atoms with Crippen molar-refractivity contribution in [2.24, 2.45) is 0 Å². The van der Waals surface area contributed by atoms with Gasteiger partial charge in [0.05, 0.1) is 13.0 Å². The second-order valence-electron chi connectivity index (χ2n) is 3.91. The first kappa shape index (κ1) is 15.1. The fourth-order valence-electron chi connectivity index (χ4n) is 1.39. The monoisotopic (exact) mass is 281 g/mol. The van der Waals surface area contributed by atoms with Gasteiger partial charge in [0.2, 0.25) is 0 Å². The van der Waals surface area contributed by atoms with E-state index in [0.29, 0.717) is 10.8 Å². The second kappa shape index (κ2) is 6.29. The van der Waals surface area contributed by atoms with Crippen LogP contribution >= 0.6 is 11.6 Å². The van der Waals surface area contributed by atoms with Crippen molar-refractivity contribution >= 4 is 11.6 Å². The van der Waals surface area contributed by atoms with Gasteiger partial charge in [-0.2, -0.15) is 13.2 Å². The summed E-state index contributed by atoms with van der Waals surface area (Å²) < 4.78 is 40.8. The van der Waals surface area contributed by atoms with Crippen LogP contribution in [0.1, 0.15) is 24.9 Å². The molecule has 1 aromatic carbocycles. The first-order valence-corrected chi connectivity index (χ1v) is 5.87. The Balaban J connectivity index is 2.62. The molecule has 0 aliphatic rings. The van der Waals surface area contributed by atoms with Crippen molar-refractivity contribution in [3.8, 4) is 5.75 Å². The molecule has 0 aromatic heterocycles. The number of benzene rings is 1. The molecule has 1 N–H and O–H groups in total. The average Bonchev–Trinajstić information content (AvgIpc) is 2.26. The number of ether oxygens (including phenoxy) is 1. The molecule has 1 atom stereocenters. The van der Waals surface area contributed by atoms with Gasteiger partial charge in [0.1, 0.15) is 5.75 Å². The predicted octanol–water partition coefficient (Wildman–Crippen LogP) is 3.95. The molecule has 0 saturated carbocycles. The lowest BCUT2D eigenvalue weighted by Crippen LogP contribution is -2.14. The fourth-order valence-corrected chi connectivity index (χ4v) is 1.72. The molecule has 1 rings (SSSR count). The van der Waals surface area contributed by atoms with Crippen LogP contribution in [0.4, 0.5) is 13.2 Å². The van der Waals surface area contributed by atoms with Crippen LogP contribution in [0.2, 0.25) is 5.02 Å². The minimum Gasteiger partial charge on any atom is -0.493 e. The van der Waals surface area contributed by atoms with E-state index in [4.69, 9.17) is 16.3 Å². The zero-order valence-corrected chi connectivity index (χ0v) is 10.9. The highest BCUT2D eigenvalue weighted by molar-refractivity contribution is 6.31. The fraction of sp³-hybridized carbons (Fsp3) is 0.500. The highest BCUT2D eigenvalue weighted by Crippen LogP contribution is 2.27. The van der Waals surface area contributed by atoms with Crippen molar-refractivity contribution in [3.05, 3.63) is 28.8 Å². The normalized spacial score (nSPS) is 13.4. The van der Waals surface area contributed by atoms with Crippen molar-refractivity contribution in [1.29, 1.82) is 0 Å². The van der Waals surface area contributed by atoms with E-state index in [9.17, 15) is 13.2 Å². The van der Waals surface area contributed by atoms with Gasteiger partial charge < -0.3 is 10.1 Å². The number of halogens is 4. The van der Waals surface area contributed by atoms with E-state index in [2.05, 4.69) is 5.32 Å². The van der Waals surface area contributed by atoms with Gasteiger partial charge in [-0.15, -0.1) is 0 Å². The Morgan fingerprint density at radius 3 is 2.56 bits per heavy atom. The quantitative estimate of drug-likeness (QED) is 0.882. The molecule has 0 spiro atoms. The van der Waals surface area contributed by atoms with E-state index in [1.807, 2.05) is 6.92 Å². The van der Waals surface area contributed by atoms with E-state index in [1.165, 1.54) is 6.07 Å². The molecule has 1 aromatic rings. The summed E-state index contributed by atoms with van der Waals surface area (Å²) in [6.07, 6.45) is -5.18. The third kappa shape index (κ3) is 4.74. The predicted molar refractivity (Wildman–Crippen MR) is 65.1 cm³/mol. The Morgan fingerprint density at radius 2 is 2.06 bits per heavy atom. The Morgan fingerprint density at radius 1 is 1.39 bits per heavy atom. The molecule has 0 heterocycles. The zero-order valence-electron chi connectivity index (χ0n) is 10.1. The van der Waals surface area contributed by atoms with Crippen LogP contribution in [0, 0.1) is 0 Å². The number of alkyl halides is 3. The van der Waals surface area contributed by atoms with Crippen LogP contribution in [0.15, 0.2) is 18.2 Å². The molecular formula is C12H15ClF3NO. The van der Waals surface area contributed by atoms with E-state index < -0.39 is 19.2 Å². The summed E-state index contributed by atoms with van der Waals surface area (Å²) in [5.41, 5.74) is 0.877. The summed E-state index contributed by atoms with van der Waals surface area (Å²) >= 11 is 6.03. The van der Waals surface area contributed by atoms with Crippen molar-refractivity contribution in [3.63, 3.8) is 0 Å². The van der Waals surface area contributed by atoms with Gasteiger partial charge in [-0.1, -0.05) is 17.7 Å². The summed E-state index contributed by atoms with van der Waals surface area (Å²) in [6, 6.07) is 4.96. The van der Waals surface area contributed by atoms with E-state index >= 15 is 0 Å². The lowest BCUT2D eigenvalue weighted by Gasteiger charge is -2.14. The van der Waals surface area contributed by atoms with Crippen molar-refractivity contribution in [2.45, 2.75) is 25.6 Å². The Labute approximate surface area is 109 Å². The van der Waals surface area contributed by atoms with Gasteiger partial charge in [-0.25, -0.2) is 0 Å². The van der Waals surface area contributed by atoms with E-state index in [0.717, 1.165) is 5.56 Å². The molecule has 0 aliphatic carbocycles. The third-order valence-electron chi connectivity index (χ3n) is 2.53. The summed E-state index contributed by atoms with van der Waals surface area (Å²) in [5, 5.41) is 3.50. The molecule has 1 unspecified atom stereocenters. The minimum absolute atomic E-state index is 0.0710. The molecule has 102 valence electrons. The molecule has 0 fully saturated rings. The molecule has 6 heteroatoms. The van der Waals surface area contributed by atoms with Gasteiger partial charge in [0.15, 0.2) is 0 Å². The minimum atomic E-state index is -4.20. The van der Waals surface area contributed by atoms with Crippen molar-refractivity contribution in [2.75, 3.05) is 13.7 Å². The molecule has 2 nitrogen and oxygen atoms in total. The number of hydrogen-bond donors (Lipinski definition) is 1. The van der Waals surface area contributed by atoms with Gasteiger partial charge in [0.25, 0.3) is 0 Å². The highest BCUT2D eigenvalue weighted by atomic mass is 35.5. The molecule has 18 heavy (non-hydrogen) atoms. The number of rotatable bonds is 5. The maximum Gasteiger partial charge on any atom is 0.392 e. The largest absolute Gasteiger partial charge is 0.493 e. The molecular weight excluding hydrogens is 267 g/mol. The SMILES string of the molecule is CNC(C)c1ccc(OCCC(F)(F)F)cc1Cl. The van der Waals surface area contributed by atoms with Gasteiger partial charge in [0, 0.05) is 11.1 Å². The molecule has 0 amide bonds. The third-order valence-corrected chi connectivity index (χ3v) is 2.85. The highest BCUT2D eigenvalue weighted by Gasteiger charge is 2.26. The lowest BCUT2D eigenvalue weighted by atomic mass is 10.1. The van der Waals surface area contributed by atoms with Crippen LogP contribution in [-0.2, 0) is 0 Å². The number of hydrogen-bond acceptors (Lipinski definition) is 2. The first-order chi connectivity index (χ1) is 8.33. The van der Waals surface area contributed by atoms with Gasteiger partial charge in [-0.3, -0.25) is 0 Å². The maximum absolute atomic E-state index is 11.9. The standard InChI is InChI=1S/C12H15ClF3NO/c1-8(17-2)10-4-3-9(7-11(10)13)18-6-5-12(14,15)16/h3-4,7-8,17H,5-6H2,1-2H3. The first-order valence-electron chi connectivity index (χ1n) is 5.50. The lowest BCUT2D eigenvalue weighted by molar-refractivity contribution is -0.139. The molecule has 0 bridgehead atoms. The van der Waals surface area contributed by atoms with Crippen molar-refractivity contribution < 1.29 is 17.9 Å². The van der Waals surface area contributed by atoms with Gasteiger partial charge >= 0.3 is 6.18 Å². The topological polar surface area (TPSA) is 21.3 Å². The smallest absolute Gasteiger partial charge is 0.392 e. The molecule has 0 radical (unpaired) electrons.